The molecule has 272 valence electrons. The first kappa shape index (κ1) is 39.5. The van der Waals surface area contributed by atoms with Crippen LogP contribution < -0.4 is 14.9 Å². The number of pyridine rings is 1. The predicted octanol–water partition coefficient (Wildman–Crippen LogP) is 4.98. The Balaban J connectivity index is 2.10. The molecule has 0 fully saturated rings. The third kappa shape index (κ3) is 9.36. The fraction of sp³-hybridized carbons (Fsp3) is 0.333. The van der Waals surface area contributed by atoms with E-state index in [1.54, 1.807) is 13.8 Å². The molecule has 0 radical (unpaired) electrons. The Morgan fingerprint density at radius 1 is 1.08 bits per heavy atom. The molecular formula is C33H32ClF5N6O4S2. The lowest BCUT2D eigenvalue weighted by molar-refractivity contribution is -0.141. The molecule has 0 saturated heterocycles. The Morgan fingerprint density at radius 3 is 2.29 bits per heavy atom. The molecule has 4 rings (SSSR count). The molecule has 2 aromatic carbocycles. The van der Waals surface area contributed by atoms with Crippen LogP contribution in [-0.4, -0.2) is 72.5 Å². The summed E-state index contributed by atoms with van der Waals surface area (Å²) in [7, 11) is -2.02. The highest BCUT2D eigenvalue weighted by Gasteiger charge is 2.34. The van der Waals surface area contributed by atoms with Crippen LogP contribution in [0, 0.1) is 23.5 Å². The largest absolute Gasteiger partial charge is 0.408 e. The normalized spacial score (nSPS) is 13.6. The molecule has 10 nitrogen and oxygen atoms in total. The zero-order valence-electron chi connectivity index (χ0n) is 27.8. The van der Waals surface area contributed by atoms with Crippen LogP contribution in [0.3, 0.4) is 0 Å². The molecule has 0 aliphatic rings. The lowest BCUT2D eigenvalue weighted by atomic mass is 9.94. The van der Waals surface area contributed by atoms with Crippen LogP contribution in [0.1, 0.15) is 36.8 Å². The summed E-state index contributed by atoms with van der Waals surface area (Å²) in [5.74, 6) is 2.80. The van der Waals surface area contributed by atoms with Crippen molar-refractivity contribution in [2.24, 2.45) is 0 Å². The molecule has 0 aliphatic heterocycles. The van der Waals surface area contributed by atoms with E-state index in [0.29, 0.717) is 17.2 Å². The summed E-state index contributed by atoms with van der Waals surface area (Å²) in [6.07, 6.45) is -2.08. The number of fused-ring (bicyclic) bond motifs is 1. The number of rotatable bonds is 12. The van der Waals surface area contributed by atoms with E-state index >= 15 is 0 Å². The molecule has 3 atom stereocenters. The van der Waals surface area contributed by atoms with E-state index < -0.39 is 68.7 Å². The number of nitrogens with zero attached hydrogens (tertiary/aromatic N) is 4. The van der Waals surface area contributed by atoms with E-state index in [-0.39, 0.29) is 57.0 Å². The van der Waals surface area contributed by atoms with E-state index in [1.165, 1.54) is 37.6 Å². The van der Waals surface area contributed by atoms with Crippen molar-refractivity contribution in [3.63, 3.8) is 0 Å². The summed E-state index contributed by atoms with van der Waals surface area (Å²) in [4.78, 5) is 29.6. The number of likely N-dealkylation sites (N-methyl/N-ethyl adjacent to an activating group) is 1. The number of benzene rings is 2. The summed E-state index contributed by atoms with van der Waals surface area (Å²) in [5, 5.41) is 9.05. The number of nitrogens with one attached hydrogen (secondary N) is 2. The zero-order chi connectivity index (χ0) is 37.8. The van der Waals surface area contributed by atoms with E-state index in [2.05, 4.69) is 32.6 Å². The Bertz CT molecular complexity index is 2080. The second-order valence-electron chi connectivity index (χ2n) is 11.7. The topological polar surface area (TPSA) is 126 Å². The summed E-state index contributed by atoms with van der Waals surface area (Å²) in [6, 6.07) is 7.32. The first-order valence-corrected chi connectivity index (χ1v) is 18.4. The maximum atomic E-state index is 14.2. The van der Waals surface area contributed by atoms with Gasteiger partial charge in [0.2, 0.25) is 6.41 Å². The highest BCUT2D eigenvalue weighted by molar-refractivity contribution is 7.86. The van der Waals surface area contributed by atoms with Gasteiger partial charge in [0.05, 0.1) is 34.2 Å². The monoisotopic (exact) mass is 770 g/mol. The molecular weight excluding hydrogens is 739 g/mol. The van der Waals surface area contributed by atoms with Crippen molar-refractivity contribution in [2.45, 2.75) is 43.8 Å². The molecule has 2 amide bonds. The quantitative estimate of drug-likeness (QED) is 0.118. The fourth-order valence-corrected chi connectivity index (χ4v) is 6.27. The molecule has 2 aromatic heterocycles. The molecule has 0 spiro atoms. The van der Waals surface area contributed by atoms with Gasteiger partial charge in [0.25, 0.3) is 5.91 Å². The van der Waals surface area contributed by atoms with Gasteiger partial charge in [-0.05, 0) is 69.1 Å². The number of hydrogen-bond donors (Lipinski definition) is 2. The second-order valence-corrected chi connectivity index (χ2v) is 15.3. The summed E-state index contributed by atoms with van der Waals surface area (Å²) >= 11 is 6.58. The lowest BCUT2D eigenvalue weighted by Crippen LogP contribution is -2.38. The van der Waals surface area contributed by atoms with Crippen molar-refractivity contribution in [1.82, 2.24) is 25.4 Å². The zero-order valence-corrected chi connectivity index (χ0v) is 30.2. The average molecular weight is 771 g/mol. The SMILES string of the molecule is CNCC(=O)N(c1nn(CC(F)(F)F)c2c(-c3ccc(C#CC(C)(C)S(C)=O)nc3C(Cc3cc(F)cc(F)c3)NC=O)ccc(Cl)c12)S(C)=O. The highest BCUT2D eigenvalue weighted by Crippen LogP contribution is 2.42. The van der Waals surface area contributed by atoms with Gasteiger partial charge < -0.3 is 10.6 Å². The van der Waals surface area contributed by atoms with Gasteiger partial charge in [0.15, 0.2) is 5.82 Å². The van der Waals surface area contributed by atoms with Gasteiger partial charge in [0.1, 0.15) is 39.6 Å². The minimum atomic E-state index is -4.82. The van der Waals surface area contributed by atoms with Gasteiger partial charge in [-0.25, -0.2) is 22.3 Å². The Hall–Kier alpha value is -4.24. The number of alkyl halides is 3. The maximum Gasteiger partial charge on any atom is 0.408 e. The number of amides is 2. The molecule has 2 heterocycles. The molecule has 0 bridgehead atoms. The number of aromatic nitrogens is 3. The summed E-state index contributed by atoms with van der Waals surface area (Å²) < 4.78 is 96.0. The van der Waals surface area contributed by atoms with Crippen LogP contribution in [0.4, 0.5) is 27.8 Å². The number of anilines is 1. The van der Waals surface area contributed by atoms with Crippen LogP contribution in [0.15, 0.2) is 42.5 Å². The molecule has 3 unspecified atom stereocenters. The minimum Gasteiger partial charge on any atom is -0.350 e. The third-order valence-electron chi connectivity index (χ3n) is 7.54. The number of carbonyl (C=O) groups is 2. The lowest BCUT2D eigenvalue weighted by Gasteiger charge is -2.21. The first-order valence-electron chi connectivity index (χ1n) is 15.0. The molecule has 0 saturated carbocycles. The number of halogens is 6. The molecule has 2 N–H and O–H groups in total. The van der Waals surface area contributed by atoms with E-state index in [4.69, 9.17) is 11.6 Å². The van der Waals surface area contributed by atoms with Crippen LogP contribution in [0.2, 0.25) is 5.02 Å². The van der Waals surface area contributed by atoms with Crippen LogP contribution >= 0.6 is 11.6 Å². The summed E-state index contributed by atoms with van der Waals surface area (Å²) in [5.41, 5.74) is 0.246. The van der Waals surface area contributed by atoms with Crippen molar-refractivity contribution >= 4 is 62.4 Å². The smallest absolute Gasteiger partial charge is 0.350 e. The third-order valence-corrected chi connectivity index (χ3v) is 10.3. The van der Waals surface area contributed by atoms with Gasteiger partial charge >= 0.3 is 6.18 Å². The average Bonchev–Trinajstić information content (AvgIpc) is 3.37. The Labute approximate surface area is 300 Å². The molecule has 18 heteroatoms. The van der Waals surface area contributed by atoms with Crippen LogP contribution in [-0.2, 0) is 44.3 Å². The van der Waals surface area contributed by atoms with E-state index in [1.807, 2.05) is 0 Å². The van der Waals surface area contributed by atoms with Gasteiger partial charge in [0, 0.05) is 40.5 Å². The Morgan fingerprint density at radius 2 is 1.73 bits per heavy atom. The van der Waals surface area contributed by atoms with Crippen molar-refractivity contribution in [1.29, 1.82) is 0 Å². The highest BCUT2D eigenvalue weighted by atomic mass is 35.5. The van der Waals surface area contributed by atoms with Crippen molar-refractivity contribution in [2.75, 3.05) is 30.4 Å². The standard InChI is InChI=1S/C33H32ClF5N6O4S2/c1-32(2,50(4)48)11-10-22-6-7-23(29(42-22)26(41-18-46)14-19-12-20(35)15-21(36)13-19)24-8-9-25(34)28-30(24)44(17-33(37,38)39)43-31(28)45(51(5)49)27(47)16-40-3/h6-9,12-13,15,18,26,40H,14,16-17H2,1-5H3,(H,41,46). The van der Waals surface area contributed by atoms with Crippen molar-refractivity contribution < 1.29 is 40.0 Å². The van der Waals surface area contributed by atoms with Gasteiger partial charge in [-0.1, -0.05) is 23.6 Å². The van der Waals surface area contributed by atoms with Gasteiger partial charge in [-0.15, -0.1) is 0 Å². The van der Waals surface area contributed by atoms with Gasteiger partial charge in [-0.2, -0.15) is 18.3 Å². The van der Waals surface area contributed by atoms with Crippen molar-refractivity contribution in [3.8, 4) is 23.0 Å². The first-order chi connectivity index (χ1) is 23.9. The van der Waals surface area contributed by atoms with E-state index in [9.17, 15) is 40.0 Å². The predicted molar refractivity (Wildman–Crippen MR) is 187 cm³/mol. The van der Waals surface area contributed by atoms with Crippen LogP contribution in [0.25, 0.3) is 22.0 Å². The molecule has 4 aromatic rings. The number of hydrogen-bond acceptors (Lipinski definition) is 7. The minimum absolute atomic E-state index is 0.0288. The fourth-order valence-electron chi connectivity index (χ4n) is 5.12. The molecule has 0 aliphatic carbocycles. The number of carbonyl (C=O) groups excluding carboxylic acids is 2. The van der Waals surface area contributed by atoms with Crippen molar-refractivity contribution in [3.05, 3.63) is 76.1 Å². The molecule has 51 heavy (non-hydrogen) atoms. The van der Waals surface area contributed by atoms with E-state index in [0.717, 1.165) is 22.7 Å². The maximum absolute atomic E-state index is 14.2. The summed E-state index contributed by atoms with van der Waals surface area (Å²) in [6.45, 7) is 1.33. The van der Waals surface area contributed by atoms with Crippen LogP contribution in [0.5, 0.6) is 0 Å². The Kier molecular flexibility index (Phi) is 12.4. The van der Waals surface area contributed by atoms with Gasteiger partial charge in [-0.3, -0.25) is 18.5 Å². The second kappa shape index (κ2) is 16.0.